The maximum Gasteiger partial charge on any atom is 0.0396 e. The lowest BCUT2D eigenvalue weighted by Crippen LogP contribution is -2.19. The van der Waals surface area contributed by atoms with E-state index in [0.717, 1.165) is 10.6 Å². The molecule has 1 rings (SSSR count). The van der Waals surface area contributed by atoms with Crippen LogP contribution >= 0.6 is 0 Å². The van der Waals surface area contributed by atoms with Crippen LogP contribution < -0.4 is 10.6 Å². The van der Waals surface area contributed by atoms with Gasteiger partial charge >= 0.3 is 0 Å². The Morgan fingerprint density at radius 2 is 2.44 bits per heavy atom. The Morgan fingerprint density at radius 1 is 1.67 bits per heavy atom. The molecule has 0 aliphatic rings. The highest BCUT2D eigenvalue weighted by Gasteiger charge is 1.77. The second-order valence-electron chi connectivity index (χ2n) is 1.72. The van der Waals surface area contributed by atoms with Crippen molar-refractivity contribution >= 4 is 19.5 Å². The van der Waals surface area contributed by atoms with Gasteiger partial charge in [-0.2, -0.15) is 0 Å². The number of rotatable bonds is 1. The zero-order valence-corrected chi connectivity index (χ0v) is 5.09. The normalized spacial score (nSPS) is 11.8. The highest BCUT2D eigenvalue weighted by Crippen LogP contribution is 1.63. The Labute approximate surface area is 53.3 Å². The lowest BCUT2D eigenvalue weighted by Gasteiger charge is -1.70. The van der Waals surface area contributed by atoms with E-state index in [-0.39, 0.29) is 0 Å². The fourth-order valence-corrected chi connectivity index (χ4v) is 0.635. The quantitative estimate of drug-likeness (QED) is 0.500. The Morgan fingerprint density at radius 3 is 2.89 bits per heavy atom. The maximum atomic E-state index is 3.72. The van der Waals surface area contributed by atoms with Crippen molar-refractivity contribution in [3.8, 4) is 0 Å². The summed E-state index contributed by atoms with van der Waals surface area (Å²) in [6.07, 6.45) is 3.48. The molecule has 0 fully saturated rings. The van der Waals surface area contributed by atoms with E-state index >= 15 is 0 Å². The number of hydrogen-bond acceptors (Lipinski definition) is 1. The molecule has 0 aromatic carbocycles. The van der Waals surface area contributed by atoms with Crippen LogP contribution in [0.5, 0.6) is 0 Å². The minimum atomic E-state index is 0.877. The number of aromatic nitrogens is 1. The highest BCUT2D eigenvalue weighted by atomic mass is 14.7. The Kier molecular flexibility index (Phi) is 1.49. The molecule has 0 radical (unpaired) electrons. The van der Waals surface area contributed by atoms with E-state index in [1.54, 1.807) is 6.20 Å². The smallest absolute Gasteiger partial charge is 0.0396 e. The van der Waals surface area contributed by atoms with Gasteiger partial charge < -0.3 is 4.98 Å². The summed E-state index contributed by atoms with van der Waals surface area (Å²) in [5.74, 6) is 0. The molecule has 1 N–H and O–H groups in total. The molecule has 0 aliphatic heterocycles. The molecular weight excluding hydrogens is 112 g/mol. The summed E-state index contributed by atoms with van der Waals surface area (Å²) < 4.78 is 0. The Bertz CT molecular complexity index is 295. The number of aliphatic imine (C=N–C) groups is 1. The SMILES string of the molecule is C=N/C=c1/cc[nH]c1=C. The molecule has 0 aliphatic carbocycles. The van der Waals surface area contributed by atoms with Crippen LogP contribution in [0, 0.1) is 0 Å². The van der Waals surface area contributed by atoms with Gasteiger partial charge in [-0.05, 0) is 12.8 Å². The van der Waals surface area contributed by atoms with Gasteiger partial charge in [0.05, 0.1) is 0 Å². The van der Waals surface area contributed by atoms with Gasteiger partial charge in [-0.1, -0.05) is 6.58 Å². The topological polar surface area (TPSA) is 28.1 Å². The van der Waals surface area contributed by atoms with Crippen molar-refractivity contribution in [2.75, 3.05) is 0 Å². The molecule has 1 aromatic rings. The molecule has 0 bridgehead atoms. The molecule has 0 unspecified atom stereocenters. The van der Waals surface area contributed by atoms with Gasteiger partial charge in [-0.15, -0.1) is 0 Å². The van der Waals surface area contributed by atoms with E-state index in [2.05, 4.69) is 23.3 Å². The maximum absolute atomic E-state index is 3.72. The van der Waals surface area contributed by atoms with Crippen LogP contribution in [-0.4, -0.2) is 11.7 Å². The average molecular weight is 120 g/mol. The van der Waals surface area contributed by atoms with E-state index in [0.29, 0.717) is 0 Å². The number of nitrogens with zero attached hydrogens (tertiary/aromatic N) is 1. The lowest BCUT2D eigenvalue weighted by atomic mass is 10.5. The fraction of sp³-hybridized carbons (Fsp3) is 0. The molecule has 1 aromatic heterocycles. The monoisotopic (exact) mass is 120 g/mol. The van der Waals surface area contributed by atoms with E-state index in [4.69, 9.17) is 0 Å². The largest absolute Gasteiger partial charge is 0.362 e. The summed E-state index contributed by atoms with van der Waals surface area (Å²) in [5.41, 5.74) is 0. The summed E-state index contributed by atoms with van der Waals surface area (Å²) in [6.45, 7) is 7.05. The summed E-state index contributed by atoms with van der Waals surface area (Å²) in [7, 11) is 0. The number of aromatic amines is 1. The van der Waals surface area contributed by atoms with Crippen molar-refractivity contribution < 1.29 is 0 Å². The summed E-state index contributed by atoms with van der Waals surface area (Å²) >= 11 is 0. The molecule has 46 valence electrons. The van der Waals surface area contributed by atoms with Crippen molar-refractivity contribution in [1.29, 1.82) is 0 Å². The molecular formula is C7H8N2. The van der Waals surface area contributed by atoms with E-state index < -0.39 is 0 Å². The van der Waals surface area contributed by atoms with Crippen LogP contribution in [0.1, 0.15) is 0 Å². The molecule has 0 amide bonds. The van der Waals surface area contributed by atoms with Crippen LogP contribution in [0.3, 0.4) is 0 Å². The Hall–Kier alpha value is -1.31. The third-order valence-electron chi connectivity index (χ3n) is 1.10. The van der Waals surface area contributed by atoms with Crippen LogP contribution in [0.25, 0.3) is 12.8 Å². The zero-order valence-electron chi connectivity index (χ0n) is 5.09. The second-order valence-corrected chi connectivity index (χ2v) is 1.72. The molecule has 9 heavy (non-hydrogen) atoms. The van der Waals surface area contributed by atoms with Crippen molar-refractivity contribution in [3.63, 3.8) is 0 Å². The fourth-order valence-electron chi connectivity index (χ4n) is 0.635. The predicted molar refractivity (Wildman–Crippen MR) is 39.6 cm³/mol. The first kappa shape index (κ1) is 5.82. The van der Waals surface area contributed by atoms with Gasteiger partial charge in [0.15, 0.2) is 0 Å². The van der Waals surface area contributed by atoms with Crippen molar-refractivity contribution in [2.24, 2.45) is 4.99 Å². The lowest BCUT2D eigenvalue weighted by molar-refractivity contribution is 1.32. The highest BCUT2D eigenvalue weighted by molar-refractivity contribution is 5.36. The minimum Gasteiger partial charge on any atom is -0.362 e. The van der Waals surface area contributed by atoms with Gasteiger partial charge in [0.1, 0.15) is 0 Å². The van der Waals surface area contributed by atoms with E-state index in [1.807, 2.05) is 12.3 Å². The van der Waals surface area contributed by atoms with Crippen molar-refractivity contribution in [2.45, 2.75) is 0 Å². The summed E-state index contributed by atoms with van der Waals surface area (Å²) in [5, 5.41) is 1.87. The van der Waals surface area contributed by atoms with Crippen LogP contribution in [0.4, 0.5) is 0 Å². The van der Waals surface area contributed by atoms with Gasteiger partial charge in [0, 0.05) is 23.0 Å². The van der Waals surface area contributed by atoms with Crippen LogP contribution in [-0.2, 0) is 0 Å². The zero-order chi connectivity index (χ0) is 6.69. The first-order valence-electron chi connectivity index (χ1n) is 2.63. The average Bonchev–Trinajstić information content (AvgIpc) is 2.18. The van der Waals surface area contributed by atoms with Gasteiger partial charge in [-0.3, -0.25) is 4.99 Å². The van der Waals surface area contributed by atoms with Crippen LogP contribution in [0.15, 0.2) is 17.3 Å². The first-order valence-corrected chi connectivity index (χ1v) is 2.63. The number of H-pyrrole nitrogens is 1. The molecule has 2 nitrogen and oxygen atoms in total. The number of nitrogens with one attached hydrogen (secondary N) is 1. The van der Waals surface area contributed by atoms with Crippen molar-refractivity contribution in [1.82, 2.24) is 4.98 Å². The second kappa shape index (κ2) is 2.31. The third-order valence-corrected chi connectivity index (χ3v) is 1.10. The van der Waals surface area contributed by atoms with Gasteiger partial charge in [-0.25, -0.2) is 0 Å². The third kappa shape index (κ3) is 1.08. The predicted octanol–water partition coefficient (Wildman–Crippen LogP) is -0.136. The molecule has 0 spiro atoms. The van der Waals surface area contributed by atoms with Gasteiger partial charge in [0.2, 0.25) is 0 Å². The molecule has 1 heterocycles. The number of hydrogen-bond donors (Lipinski definition) is 1. The van der Waals surface area contributed by atoms with Crippen molar-refractivity contribution in [3.05, 3.63) is 22.8 Å². The molecule has 2 heteroatoms. The molecule has 0 saturated carbocycles. The Balaban J connectivity index is 3.39. The summed E-state index contributed by atoms with van der Waals surface area (Å²) in [4.78, 5) is 6.53. The minimum absolute atomic E-state index is 0.877. The van der Waals surface area contributed by atoms with E-state index in [1.165, 1.54) is 0 Å². The van der Waals surface area contributed by atoms with Gasteiger partial charge in [0.25, 0.3) is 0 Å². The molecule has 0 atom stereocenters. The van der Waals surface area contributed by atoms with E-state index in [9.17, 15) is 0 Å². The first-order chi connectivity index (χ1) is 4.34. The molecule has 0 saturated heterocycles. The van der Waals surface area contributed by atoms with Crippen LogP contribution in [0.2, 0.25) is 0 Å². The standard InChI is InChI=1S/C7H8N2/c1-6-7(5-8-2)3-4-9-6/h3-5,9H,1-2H2/b7-5-. The summed E-state index contributed by atoms with van der Waals surface area (Å²) in [6, 6.07) is 1.90.